The second-order valence-corrected chi connectivity index (χ2v) is 6.64. The molecule has 140 valence electrons. The Balaban J connectivity index is 1.83. The molecule has 0 aliphatic heterocycles. The number of carbonyl (C=O) groups excluding carboxylic acids is 2. The van der Waals surface area contributed by atoms with E-state index in [2.05, 4.69) is 10.3 Å². The molecule has 1 aromatic heterocycles. The Bertz CT molecular complexity index is 976. The number of esters is 1. The van der Waals surface area contributed by atoms with Crippen molar-refractivity contribution in [3.8, 4) is 0 Å². The summed E-state index contributed by atoms with van der Waals surface area (Å²) in [7, 11) is 0. The van der Waals surface area contributed by atoms with E-state index < -0.39 is 0 Å². The van der Waals surface area contributed by atoms with Crippen molar-refractivity contribution >= 4 is 22.9 Å². The monoisotopic (exact) mass is 365 g/mol. The Labute approximate surface area is 158 Å². The standard InChI is InChI=1S/C21H23N3O3/c1-14(2)27-20(25)13-24-18-11-7-6-10-17(18)23-19(24)12-22-21(26)16-9-5-4-8-15(16)3/h4-11,14H,12-13H2,1-3H3,(H,22,26). The topological polar surface area (TPSA) is 73.2 Å². The fourth-order valence-electron chi connectivity index (χ4n) is 2.95. The molecule has 0 atom stereocenters. The molecule has 27 heavy (non-hydrogen) atoms. The molecule has 0 saturated heterocycles. The van der Waals surface area contributed by atoms with Crippen LogP contribution in [0.5, 0.6) is 0 Å². The first kappa shape index (κ1) is 18.6. The average Bonchev–Trinajstić information content (AvgIpc) is 2.97. The van der Waals surface area contributed by atoms with Crippen LogP contribution in [0.3, 0.4) is 0 Å². The van der Waals surface area contributed by atoms with Crippen LogP contribution in [0.15, 0.2) is 48.5 Å². The van der Waals surface area contributed by atoms with Gasteiger partial charge in [-0.15, -0.1) is 0 Å². The number of benzene rings is 2. The molecule has 3 rings (SSSR count). The van der Waals surface area contributed by atoms with Gasteiger partial charge in [-0.1, -0.05) is 30.3 Å². The molecule has 1 heterocycles. The normalized spacial score (nSPS) is 11.0. The van der Waals surface area contributed by atoms with E-state index in [1.54, 1.807) is 10.6 Å². The predicted molar refractivity (Wildman–Crippen MR) is 103 cm³/mol. The Morgan fingerprint density at radius 3 is 2.56 bits per heavy atom. The first-order valence-electron chi connectivity index (χ1n) is 8.93. The molecule has 0 bridgehead atoms. The van der Waals surface area contributed by atoms with E-state index in [0.29, 0.717) is 11.4 Å². The van der Waals surface area contributed by atoms with Gasteiger partial charge in [-0.05, 0) is 44.5 Å². The van der Waals surface area contributed by atoms with Crippen molar-refractivity contribution < 1.29 is 14.3 Å². The molecule has 6 heteroatoms. The van der Waals surface area contributed by atoms with Crippen molar-refractivity contribution in [1.29, 1.82) is 0 Å². The highest BCUT2D eigenvalue weighted by Crippen LogP contribution is 2.17. The molecule has 3 aromatic rings. The third-order valence-corrected chi connectivity index (χ3v) is 4.18. The van der Waals surface area contributed by atoms with Gasteiger partial charge < -0.3 is 14.6 Å². The fraction of sp³-hybridized carbons (Fsp3) is 0.286. The van der Waals surface area contributed by atoms with Crippen molar-refractivity contribution in [3.63, 3.8) is 0 Å². The van der Waals surface area contributed by atoms with Gasteiger partial charge in [0.2, 0.25) is 0 Å². The van der Waals surface area contributed by atoms with Crippen LogP contribution in [-0.4, -0.2) is 27.5 Å². The number of aryl methyl sites for hydroxylation is 1. The molecular weight excluding hydrogens is 342 g/mol. The predicted octanol–water partition coefficient (Wildman–Crippen LogP) is 3.23. The second-order valence-electron chi connectivity index (χ2n) is 6.64. The van der Waals surface area contributed by atoms with Gasteiger partial charge in [-0.3, -0.25) is 9.59 Å². The third-order valence-electron chi connectivity index (χ3n) is 4.18. The summed E-state index contributed by atoms with van der Waals surface area (Å²) in [6.45, 7) is 5.79. The minimum atomic E-state index is -0.334. The zero-order chi connectivity index (χ0) is 19.4. The van der Waals surface area contributed by atoms with Gasteiger partial charge >= 0.3 is 5.97 Å². The van der Waals surface area contributed by atoms with E-state index in [4.69, 9.17) is 4.74 Å². The van der Waals surface area contributed by atoms with Crippen molar-refractivity contribution in [3.05, 3.63) is 65.5 Å². The lowest BCUT2D eigenvalue weighted by molar-refractivity contribution is -0.148. The van der Waals surface area contributed by atoms with Gasteiger partial charge in [-0.2, -0.15) is 0 Å². The Kier molecular flexibility index (Phi) is 5.54. The summed E-state index contributed by atoms with van der Waals surface area (Å²) in [5.74, 6) is 0.106. The van der Waals surface area contributed by atoms with E-state index in [0.717, 1.165) is 16.6 Å². The number of ether oxygens (including phenoxy) is 1. The van der Waals surface area contributed by atoms with Gasteiger partial charge in [0.25, 0.3) is 5.91 Å². The van der Waals surface area contributed by atoms with Gasteiger partial charge in [0.05, 0.1) is 23.7 Å². The number of hydrogen-bond acceptors (Lipinski definition) is 4. The molecule has 6 nitrogen and oxygen atoms in total. The summed E-state index contributed by atoms with van der Waals surface area (Å²) >= 11 is 0. The van der Waals surface area contributed by atoms with Crippen LogP contribution < -0.4 is 5.32 Å². The third kappa shape index (κ3) is 4.34. The van der Waals surface area contributed by atoms with Gasteiger partial charge in [-0.25, -0.2) is 4.98 Å². The highest BCUT2D eigenvalue weighted by Gasteiger charge is 2.16. The average molecular weight is 365 g/mol. The van der Waals surface area contributed by atoms with E-state index in [9.17, 15) is 9.59 Å². The van der Waals surface area contributed by atoms with Crippen LogP contribution in [0.2, 0.25) is 0 Å². The molecule has 0 aliphatic carbocycles. The molecule has 0 unspecified atom stereocenters. The van der Waals surface area contributed by atoms with Crippen LogP contribution >= 0.6 is 0 Å². The summed E-state index contributed by atoms with van der Waals surface area (Å²) in [5, 5.41) is 2.90. The number of hydrogen-bond donors (Lipinski definition) is 1. The van der Waals surface area contributed by atoms with Gasteiger partial charge in [0.1, 0.15) is 12.4 Å². The summed E-state index contributed by atoms with van der Waals surface area (Å²) in [6, 6.07) is 15.0. The molecule has 1 N–H and O–H groups in total. The quantitative estimate of drug-likeness (QED) is 0.681. The molecule has 0 fully saturated rings. The maximum atomic E-state index is 12.5. The van der Waals surface area contributed by atoms with E-state index in [-0.39, 0.29) is 31.1 Å². The number of imidazole rings is 1. The summed E-state index contributed by atoms with van der Waals surface area (Å²) in [5.41, 5.74) is 3.14. The maximum Gasteiger partial charge on any atom is 0.326 e. The lowest BCUT2D eigenvalue weighted by Crippen LogP contribution is -2.26. The Hall–Kier alpha value is -3.15. The lowest BCUT2D eigenvalue weighted by Gasteiger charge is -2.12. The van der Waals surface area contributed by atoms with Crippen molar-refractivity contribution in [2.45, 2.75) is 40.0 Å². The van der Waals surface area contributed by atoms with Crippen molar-refractivity contribution in [1.82, 2.24) is 14.9 Å². The van der Waals surface area contributed by atoms with Crippen LogP contribution in [0.25, 0.3) is 11.0 Å². The smallest absolute Gasteiger partial charge is 0.326 e. The van der Waals surface area contributed by atoms with Crippen molar-refractivity contribution in [2.75, 3.05) is 0 Å². The summed E-state index contributed by atoms with van der Waals surface area (Å²) in [6.07, 6.45) is -0.184. The number of nitrogens with zero attached hydrogens (tertiary/aromatic N) is 2. The number of para-hydroxylation sites is 2. The molecule has 0 aliphatic rings. The Morgan fingerprint density at radius 1 is 1.11 bits per heavy atom. The highest BCUT2D eigenvalue weighted by molar-refractivity contribution is 5.95. The number of amides is 1. The van der Waals surface area contributed by atoms with Crippen LogP contribution in [0, 0.1) is 6.92 Å². The largest absolute Gasteiger partial charge is 0.462 e. The maximum absolute atomic E-state index is 12.5. The van der Waals surface area contributed by atoms with Gasteiger partial charge in [0.15, 0.2) is 0 Å². The molecule has 0 spiro atoms. The molecular formula is C21H23N3O3. The number of aromatic nitrogens is 2. The number of rotatable bonds is 6. The summed E-state index contributed by atoms with van der Waals surface area (Å²) in [4.78, 5) is 29.2. The number of fused-ring (bicyclic) bond motifs is 1. The first-order valence-corrected chi connectivity index (χ1v) is 8.93. The fourth-order valence-corrected chi connectivity index (χ4v) is 2.95. The van der Waals surface area contributed by atoms with E-state index >= 15 is 0 Å². The molecule has 0 radical (unpaired) electrons. The Morgan fingerprint density at radius 2 is 1.81 bits per heavy atom. The summed E-state index contributed by atoms with van der Waals surface area (Å²) < 4.78 is 7.05. The van der Waals surface area contributed by atoms with Crippen LogP contribution in [-0.2, 0) is 22.6 Å². The van der Waals surface area contributed by atoms with E-state index in [1.165, 1.54) is 0 Å². The van der Waals surface area contributed by atoms with Gasteiger partial charge in [0, 0.05) is 5.56 Å². The minimum absolute atomic E-state index is 0.0499. The zero-order valence-corrected chi connectivity index (χ0v) is 15.7. The van der Waals surface area contributed by atoms with Crippen molar-refractivity contribution in [2.24, 2.45) is 0 Å². The zero-order valence-electron chi connectivity index (χ0n) is 15.7. The van der Waals surface area contributed by atoms with E-state index in [1.807, 2.05) is 63.2 Å². The van der Waals surface area contributed by atoms with Crippen LogP contribution in [0.4, 0.5) is 0 Å². The molecule has 2 aromatic carbocycles. The number of carbonyl (C=O) groups is 2. The molecule has 0 saturated carbocycles. The SMILES string of the molecule is Cc1ccccc1C(=O)NCc1nc2ccccc2n1CC(=O)OC(C)C. The molecule has 1 amide bonds. The lowest BCUT2D eigenvalue weighted by atomic mass is 10.1. The van der Waals surface area contributed by atoms with Crippen LogP contribution in [0.1, 0.15) is 35.6 Å². The number of nitrogens with one attached hydrogen (secondary N) is 1. The minimum Gasteiger partial charge on any atom is -0.462 e. The second kappa shape index (κ2) is 8.03. The highest BCUT2D eigenvalue weighted by atomic mass is 16.5. The first-order chi connectivity index (χ1) is 13.0.